The first-order chi connectivity index (χ1) is 13.2. The fourth-order valence-corrected chi connectivity index (χ4v) is 4.30. The van der Waals surface area contributed by atoms with E-state index in [0.29, 0.717) is 5.92 Å². The third kappa shape index (κ3) is 4.03. The molecule has 1 saturated heterocycles. The zero-order valence-electron chi connectivity index (χ0n) is 15.6. The Kier molecular flexibility index (Phi) is 5.48. The quantitative estimate of drug-likeness (QED) is 0.690. The van der Waals surface area contributed by atoms with Gasteiger partial charge in [0.1, 0.15) is 5.82 Å². The molecule has 140 valence electrons. The molecule has 2 heterocycles. The van der Waals surface area contributed by atoms with Crippen LogP contribution in [0.5, 0.6) is 0 Å². The maximum atomic E-state index is 12.8. The van der Waals surface area contributed by atoms with Gasteiger partial charge in [0.25, 0.3) is 5.91 Å². The Hall–Kier alpha value is -2.27. The highest BCUT2D eigenvalue weighted by Gasteiger charge is 2.26. The van der Waals surface area contributed by atoms with E-state index in [-0.39, 0.29) is 5.91 Å². The number of aromatic nitrogens is 2. The van der Waals surface area contributed by atoms with Crippen LogP contribution in [0.1, 0.15) is 47.4 Å². The van der Waals surface area contributed by atoms with Gasteiger partial charge in [-0.2, -0.15) is 11.8 Å². The molecule has 0 bridgehead atoms. The van der Waals surface area contributed by atoms with E-state index in [9.17, 15) is 4.79 Å². The molecule has 1 aliphatic heterocycles. The average Bonchev–Trinajstić information content (AvgIpc) is 3.16. The minimum atomic E-state index is 0.146. The summed E-state index contributed by atoms with van der Waals surface area (Å²) in [7, 11) is 0. The van der Waals surface area contributed by atoms with Crippen LogP contribution in [0.4, 0.5) is 0 Å². The van der Waals surface area contributed by atoms with Crippen LogP contribution in [-0.2, 0) is 5.75 Å². The summed E-state index contributed by atoms with van der Waals surface area (Å²) >= 11 is 1.90. The second kappa shape index (κ2) is 8.17. The molecule has 4 nitrogen and oxygen atoms in total. The third-order valence-electron chi connectivity index (χ3n) is 5.25. The maximum absolute atomic E-state index is 12.8. The first-order valence-electron chi connectivity index (χ1n) is 9.65. The number of benzene rings is 2. The molecule has 1 N–H and O–H groups in total. The molecule has 0 aliphatic carbocycles. The molecule has 1 amide bonds. The average molecular weight is 380 g/mol. The number of piperidine rings is 1. The molecule has 1 fully saturated rings. The number of thioether (sulfide) groups is 1. The Labute approximate surface area is 164 Å². The molecular weight excluding hydrogens is 354 g/mol. The lowest BCUT2D eigenvalue weighted by Gasteiger charge is -2.31. The zero-order valence-corrected chi connectivity index (χ0v) is 16.5. The molecule has 0 unspecified atom stereocenters. The fraction of sp³-hybridized carbons (Fsp3) is 0.364. The summed E-state index contributed by atoms with van der Waals surface area (Å²) in [5, 5.41) is 0. The van der Waals surface area contributed by atoms with Crippen LogP contribution in [0.15, 0.2) is 48.5 Å². The Morgan fingerprint density at radius 1 is 1.15 bits per heavy atom. The maximum Gasteiger partial charge on any atom is 0.253 e. The Morgan fingerprint density at radius 2 is 1.89 bits per heavy atom. The number of hydrogen-bond donors (Lipinski definition) is 1. The number of carbonyl (C=O) groups is 1. The van der Waals surface area contributed by atoms with Gasteiger partial charge >= 0.3 is 0 Å². The van der Waals surface area contributed by atoms with E-state index in [4.69, 9.17) is 4.98 Å². The summed E-state index contributed by atoms with van der Waals surface area (Å²) in [5.41, 5.74) is 4.18. The van der Waals surface area contributed by atoms with Crippen molar-refractivity contribution in [1.29, 1.82) is 0 Å². The number of rotatable bonds is 5. The molecule has 27 heavy (non-hydrogen) atoms. The monoisotopic (exact) mass is 379 g/mol. The number of carbonyl (C=O) groups excluding carboxylic acids is 1. The smallest absolute Gasteiger partial charge is 0.253 e. The fourth-order valence-electron chi connectivity index (χ4n) is 3.67. The lowest BCUT2D eigenvalue weighted by Crippen LogP contribution is -2.38. The molecule has 0 radical (unpaired) electrons. The topological polar surface area (TPSA) is 49.0 Å². The number of para-hydroxylation sites is 2. The largest absolute Gasteiger partial charge is 0.342 e. The van der Waals surface area contributed by atoms with Gasteiger partial charge in [-0.15, -0.1) is 0 Å². The van der Waals surface area contributed by atoms with Gasteiger partial charge in [0.05, 0.1) is 11.0 Å². The summed E-state index contributed by atoms with van der Waals surface area (Å²) in [6.45, 7) is 3.74. The number of aromatic amines is 1. The van der Waals surface area contributed by atoms with E-state index in [1.807, 2.05) is 47.0 Å². The van der Waals surface area contributed by atoms with Crippen molar-refractivity contribution in [3.63, 3.8) is 0 Å². The van der Waals surface area contributed by atoms with E-state index in [2.05, 4.69) is 30.1 Å². The molecule has 0 spiro atoms. The minimum Gasteiger partial charge on any atom is -0.342 e. The number of hydrogen-bond acceptors (Lipinski definition) is 3. The van der Waals surface area contributed by atoms with Crippen LogP contribution in [-0.4, -0.2) is 39.6 Å². The molecule has 0 atom stereocenters. The van der Waals surface area contributed by atoms with Gasteiger partial charge in [-0.3, -0.25) is 4.79 Å². The first-order valence-corrected chi connectivity index (χ1v) is 10.8. The molecule has 1 aliphatic rings. The van der Waals surface area contributed by atoms with Gasteiger partial charge in [0.15, 0.2) is 0 Å². The Morgan fingerprint density at radius 3 is 2.59 bits per heavy atom. The SMILES string of the molecule is CCSCc1ccc(C(=O)N2CCC(c3nc4ccccc4[nH]3)CC2)cc1. The van der Waals surface area contributed by atoms with E-state index in [1.54, 1.807) is 0 Å². The molecule has 5 heteroatoms. The zero-order chi connectivity index (χ0) is 18.6. The van der Waals surface area contributed by atoms with Crippen LogP contribution >= 0.6 is 11.8 Å². The van der Waals surface area contributed by atoms with Crippen molar-refractivity contribution in [3.8, 4) is 0 Å². The summed E-state index contributed by atoms with van der Waals surface area (Å²) in [5.74, 6) is 3.72. The highest BCUT2D eigenvalue weighted by atomic mass is 32.2. The van der Waals surface area contributed by atoms with Crippen LogP contribution in [0.2, 0.25) is 0 Å². The van der Waals surface area contributed by atoms with Crippen molar-refractivity contribution in [2.45, 2.75) is 31.4 Å². The number of imidazole rings is 1. The van der Waals surface area contributed by atoms with Gasteiger partial charge in [-0.25, -0.2) is 4.98 Å². The van der Waals surface area contributed by atoms with Crippen molar-refractivity contribution in [2.24, 2.45) is 0 Å². The summed E-state index contributed by atoms with van der Waals surface area (Å²) in [6.07, 6.45) is 1.91. The second-order valence-corrected chi connectivity index (χ2v) is 8.31. The van der Waals surface area contributed by atoms with Crippen LogP contribution in [0.25, 0.3) is 11.0 Å². The van der Waals surface area contributed by atoms with Gasteiger partial charge in [0, 0.05) is 30.3 Å². The second-order valence-electron chi connectivity index (χ2n) is 7.04. The van der Waals surface area contributed by atoms with Crippen molar-refractivity contribution >= 4 is 28.7 Å². The number of amides is 1. The van der Waals surface area contributed by atoms with Crippen LogP contribution < -0.4 is 0 Å². The van der Waals surface area contributed by atoms with Gasteiger partial charge in [-0.05, 0) is 48.4 Å². The number of H-pyrrole nitrogens is 1. The van der Waals surface area contributed by atoms with Crippen molar-refractivity contribution in [2.75, 3.05) is 18.8 Å². The van der Waals surface area contributed by atoms with E-state index in [0.717, 1.165) is 59.9 Å². The standard InChI is InChI=1S/C22H25N3OS/c1-2-27-15-16-7-9-18(10-8-16)22(26)25-13-11-17(12-14-25)21-23-19-5-3-4-6-20(19)24-21/h3-10,17H,2,11-15H2,1H3,(H,23,24). The normalized spacial score (nSPS) is 15.4. The van der Waals surface area contributed by atoms with E-state index in [1.165, 1.54) is 5.56 Å². The molecular formula is C22H25N3OS. The highest BCUT2D eigenvalue weighted by Crippen LogP contribution is 2.28. The number of nitrogens with zero attached hydrogens (tertiary/aromatic N) is 2. The van der Waals surface area contributed by atoms with Crippen LogP contribution in [0, 0.1) is 0 Å². The molecule has 0 saturated carbocycles. The predicted molar refractivity (Wildman–Crippen MR) is 112 cm³/mol. The van der Waals surface area contributed by atoms with Gasteiger partial charge in [-0.1, -0.05) is 31.2 Å². The predicted octanol–water partition coefficient (Wildman–Crippen LogP) is 4.84. The number of fused-ring (bicyclic) bond motifs is 1. The first kappa shape index (κ1) is 18.1. The number of likely N-dealkylation sites (tertiary alicyclic amines) is 1. The Bertz CT molecular complexity index is 878. The third-order valence-corrected chi connectivity index (χ3v) is 6.20. The van der Waals surface area contributed by atoms with Crippen molar-refractivity contribution in [1.82, 2.24) is 14.9 Å². The van der Waals surface area contributed by atoms with Crippen LogP contribution in [0.3, 0.4) is 0 Å². The van der Waals surface area contributed by atoms with Crippen molar-refractivity contribution < 1.29 is 4.79 Å². The molecule has 1 aromatic heterocycles. The minimum absolute atomic E-state index is 0.146. The molecule has 4 rings (SSSR count). The highest BCUT2D eigenvalue weighted by molar-refractivity contribution is 7.98. The summed E-state index contributed by atoms with van der Waals surface area (Å²) in [4.78, 5) is 23.0. The van der Waals surface area contributed by atoms with E-state index >= 15 is 0 Å². The Balaban J connectivity index is 1.37. The van der Waals surface area contributed by atoms with Gasteiger partial charge in [0.2, 0.25) is 0 Å². The van der Waals surface area contributed by atoms with Crippen molar-refractivity contribution in [3.05, 3.63) is 65.5 Å². The lowest BCUT2D eigenvalue weighted by molar-refractivity contribution is 0.0711. The molecule has 3 aromatic rings. The number of nitrogens with one attached hydrogen (secondary N) is 1. The lowest BCUT2D eigenvalue weighted by atomic mass is 9.95. The van der Waals surface area contributed by atoms with Gasteiger partial charge < -0.3 is 9.88 Å². The summed E-state index contributed by atoms with van der Waals surface area (Å²) < 4.78 is 0. The molecule has 2 aromatic carbocycles. The van der Waals surface area contributed by atoms with E-state index < -0.39 is 0 Å². The summed E-state index contributed by atoms with van der Waals surface area (Å²) in [6, 6.07) is 16.2.